The number of ketones is 1. The summed E-state index contributed by atoms with van der Waals surface area (Å²) in [6.45, 7) is 4.34. The highest BCUT2D eigenvalue weighted by Gasteiger charge is 2.60. The summed E-state index contributed by atoms with van der Waals surface area (Å²) < 4.78 is 27.6. The topological polar surface area (TPSA) is 107 Å². The molecule has 146 valence electrons. The first kappa shape index (κ1) is 18.6. The molecule has 26 heavy (non-hydrogen) atoms. The van der Waals surface area contributed by atoms with Gasteiger partial charge in [0, 0.05) is 11.8 Å². The maximum absolute atomic E-state index is 12.5. The van der Waals surface area contributed by atoms with E-state index in [9.17, 15) is 18.3 Å². The second-order valence-electron chi connectivity index (χ2n) is 9.26. The van der Waals surface area contributed by atoms with Gasteiger partial charge in [0.05, 0.1) is 12.2 Å². The van der Waals surface area contributed by atoms with Gasteiger partial charge in [0.1, 0.15) is 5.78 Å². The quantitative estimate of drug-likeness (QED) is 0.710. The second-order valence-corrected chi connectivity index (χ2v) is 10.4. The van der Waals surface area contributed by atoms with Gasteiger partial charge in [-0.3, -0.25) is 8.98 Å². The molecule has 0 saturated heterocycles. The molecule has 0 radical (unpaired) electrons. The van der Waals surface area contributed by atoms with Crippen LogP contribution in [0.1, 0.15) is 58.8 Å². The van der Waals surface area contributed by atoms with Crippen molar-refractivity contribution in [2.45, 2.75) is 71.0 Å². The molecule has 0 amide bonds. The van der Waals surface area contributed by atoms with Gasteiger partial charge in [-0.2, -0.15) is 8.42 Å². The summed E-state index contributed by atoms with van der Waals surface area (Å²) >= 11 is 0. The molecule has 6 nitrogen and oxygen atoms in total. The Kier molecular flexibility index (Phi) is 4.20. The van der Waals surface area contributed by atoms with Gasteiger partial charge < -0.3 is 5.11 Å². The maximum atomic E-state index is 12.5. The number of hydrogen-bond donors (Lipinski definition) is 2. The first-order valence-corrected chi connectivity index (χ1v) is 11.2. The predicted octanol–water partition coefficient (Wildman–Crippen LogP) is 2.08. The summed E-state index contributed by atoms with van der Waals surface area (Å²) in [4.78, 5) is 12.5. The summed E-state index contributed by atoms with van der Waals surface area (Å²) in [6, 6.07) is 0. The molecule has 0 unspecified atom stereocenters. The number of hydrogen-bond acceptors (Lipinski definition) is 5. The first-order valence-electron chi connectivity index (χ1n) is 9.68. The fourth-order valence-electron chi connectivity index (χ4n) is 6.66. The van der Waals surface area contributed by atoms with E-state index in [4.69, 9.17) is 9.32 Å². The van der Waals surface area contributed by atoms with Crippen molar-refractivity contribution in [2.75, 3.05) is 0 Å². The highest BCUT2D eigenvalue weighted by Crippen LogP contribution is 2.64. The van der Waals surface area contributed by atoms with Crippen LogP contribution in [-0.4, -0.2) is 31.5 Å². The third-order valence-corrected chi connectivity index (χ3v) is 8.60. The zero-order valence-corrected chi connectivity index (χ0v) is 16.3. The van der Waals surface area contributed by atoms with Crippen molar-refractivity contribution >= 4 is 16.1 Å². The van der Waals surface area contributed by atoms with E-state index in [1.165, 1.54) is 0 Å². The second kappa shape index (κ2) is 5.87. The van der Waals surface area contributed by atoms with Gasteiger partial charge in [0.2, 0.25) is 0 Å². The molecule has 0 aromatic rings. The van der Waals surface area contributed by atoms with Crippen LogP contribution in [0.2, 0.25) is 0 Å². The minimum Gasteiger partial charge on any atom is -0.389 e. The van der Waals surface area contributed by atoms with E-state index >= 15 is 0 Å². The van der Waals surface area contributed by atoms with Crippen LogP contribution in [0.15, 0.2) is 11.6 Å². The molecule has 4 rings (SSSR count). The predicted molar refractivity (Wildman–Crippen MR) is 96.1 cm³/mol. The molecule has 0 spiro atoms. The Labute approximate surface area is 155 Å². The van der Waals surface area contributed by atoms with E-state index in [1.54, 1.807) is 0 Å². The van der Waals surface area contributed by atoms with Crippen LogP contribution in [0.3, 0.4) is 0 Å². The van der Waals surface area contributed by atoms with Crippen LogP contribution in [0, 0.1) is 28.6 Å². The Morgan fingerprint density at radius 2 is 1.81 bits per heavy atom. The van der Waals surface area contributed by atoms with E-state index in [0.717, 1.165) is 31.3 Å². The zero-order chi connectivity index (χ0) is 18.9. The third kappa shape index (κ3) is 2.70. The minimum absolute atomic E-state index is 0.0604. The van der Waals surface area contributed by atoms with Crippen LogP contribution in [0.4, 0.5) is 0 Å². The number of aliphatic hydroxyl groups excluding tert-OH is 1. The van der Waals surface area contributed by atoms with Gasteiger partial charge in [-0.25, -0.2) is 5.14 Å². The molecule has 0 aliphatic heterocycles. The van der Waals surface area contributed by atoms with Crippen molar-refractivity contribution in [1.29, 1.82) is 0 Å². The van der Waals surface area contributed by atoms with Crippen molar-refractivity contribution in [1.82, 2.24) is 0 Å². The van der Waals surface area contributed by atoms with E-state index in [1.807, 2.05) is 6.08 Å². The lowest BCUT2D eigenvalue weighted by atomic mass is 9.47. The van der Waals surface area contributed by atoms with Crippen LogP contribution < -0.4 is 5.14 Å². The maximum Gasteiger partial charge on any atom is 0.333 e. The van der Waals surface area contributed by atoms with Crippen LogP contribution >= 0.6 is 0 Å². The fraction of sp³-hybridized carbons (Fsp3) is 0.842. The average Bonchev–Trinajstić information content (AvgIpc) is 2.83. The Morgan fingerprint density at radius 3 is 2.50 bits per heavy atom. The van der Waals surface area contributed by atoms with E-state index in [0.29, 0.717) is 31.0 Å². The van der Waals surface area contributed by atoms with Gasteiger partial charge in [0.25, 0.3) is 0 Å². The van der Waals surface area contributed by atoms with Crippen molar-refractivity contribution in [2.24, 2.45) is 33.7 Å². The SMILES string of the molecule is C[C@]12CC[C@H](OS(N)(=O)=O)CC1=C[C@@H](O)[C@@H]1[C@@H]2CC[C@]2(C)C(=O)CC[C@@H]12. The smallest absolute Gasteiger partial charge is 0.333 e. The summed E-state index contributed by atoms with van der Waals surface area (Å²) in [7, 11) is -3.97. The van der Waals surface area contributed by atoms with Crippen molar-refractivity contribution in [3.05, 3.63) is 11.6 Å². The standard InChI is InChI=1S/C19H29NO5S/c1-18-7-5-12(25-26(20,23)24)9-11(18)10-15(21)17-13-3-4-16(22)19(13,2)8-6-14(17)18/h10,12-15,17,21H,3-9H2,1-2H3,(H2,20,23,24)/t12-,13-,14-,15+,17-,18-,19-/m0/s1. The highest BCUT2D eigenvalue weighted by atomic mass is 32.2. The number of carbonyl (C=O) groups excluding carboxylic acids is 1. The number of rotatable bonds is 2. The Morgan fingerprint density at radius 1 is 1.15 bits per heavy atom. The molecular weight excluding hydrogens is 354 g/mol. The molecule has 0 bridgehead atoms. The van der Waals surface area contributed by atoms with Crippen LogP contribution in [0.5, 0.6) is 0 Å². The largest absolute Gasteiger partial charge is 0.389 e. The van der Waals surface area contributed by atoms with Gasteiger partial charge in [-0.05, 0) is 61.7 Å². The van der Waals surface area contributed by atoms with Crippen molar-refractivity contribution in [3.63, 3.8) is 0 Å². The Hall–Kier alpha value is -0.760. The number of carbonyl (C=O) groups is 1. The van der Waals surface area contributed by atoms with E-state index in [2.05, 4.69) is 13.8 Å². The molecule has 7 heteroatoms. The van der Waals surface area contributed by atoms with Crippen molar-refractivity contribution < 1.29 is 22.5 Å². The molecule has 4 aliphatic carbocycles. The van der Waals surface area contributed by atoms with Crippen LogP contribution in [0.25, 0.3) is 0 Å². The number of nitrogens with two attached hydrogens (primary N) is 1. The van der Waals surface area contributed by atoms with Crippen LogP contribution in [-0.2, 0) is 19.3 Å². The molecule has 3 saturated carbocycles. The highest BCUT2D eigenvalue weighted by molar-refractivity contribution is 7.84. The third-order valence-electron chi connectivity index (χ3n) is 8.06. The lowest BCUT2D eigenvalue weighted by molar-refractivity contribution is -0.135. The summed E-state index contributed by atoms with van der Waals surface area (Å²) in [5.74, 6) is 1.05. The lowest BCUT2D eigenvalue weighted by Crippen LogP contribution is -2.54. The molecule has 3 fully saturated rings. The van der Waals surface area contributed by atoms with E-state index in [-0.39, 0.29) is 22.7 Å². The Balaban J connectivity index is 1.65. The average molecular weight is 384 g/mol. The summed E-state index contributed by atoms with van der Waals surface area (Å²) in [5.41, 5.74) is 0.756. The van der Waals surface area contributed by atoms with Crippen molar-refractivity contribution in [3.8, 4) is 0 Å². The molecule has 3 N–H and O–H groups in total. The molecule has 0 aromatic carbocycles. The number of Topliss-reactive ketones (excluding diaryl/α,β-unsaturated/α-hetero) is 1. The van der Waals surface area contributed by atoms with Gasteiger partial charge in [-0.1, -0.05) is 25.5 Å². The number of fused-ring (bicyclic) bond motifs is 5. The Bertz CT molecular complexity index is 762. The molecule has 0 heterocycles. The summed E-state index contributed by atoms with van der Waals surface area (Å²) in [5, 5.41) is 16.0. The summed E-state index contributed by atoms with van der Waals surface area (Å²) in [6.07, 6.45) is 6.21. The first-order chi connectivity index (χ1) is 12.0. The molecule has 4 aliphatic rings. The molecular formula is C19H29NO5S. The lowest BCUT2D eigenvalue weighted by Gasteiger charge is -2.58. The zero-order valence-electron chi connectivity index (χ0n) is 15.5. The monoisotopic (exact) mass is 383 g/mol. The van der Waals surface area contributed by atoms with E-state index < -0.39 is 22.5 Å². The normalized spacial score (nSPS) is 48.4. The fourth-order valence-corrected chi connectivity index (χ4v) is 7.20. The van der Waals surface area contributed by atoms with Gasteiger partial charge in [0.15, 0.2) is 0 Å². The number of aliphatic hydroxyl groups is 1. The molecule has 0 aromatic heterocycles. The molecule has 7 atom stereocenters. The minimum atomic E-state index is -3.97. The van der Waals surface area contributed by atoms with Gasteiger partial charge >= 0.3 is 10.3 Å². The van der Waals surface area contributed by atoms with Gasteiger partial charge in [-0.15, -0.1) is 0 Å².